The van der Waals surface area contributed by atoms with Gasteiger partial charge in [0.05, 0.1) is 12.7 Å². The predicted octanol–water partition coefficient (Wildman–Crippen LogP) is 4.62. The van der Waals surface area contributed by atoms with E-state index >= 15 is 0 Å². The third-order valence-corrected chi connectivity index (χ3v) is 5.69. The van der Waals surface area contributed by atoms with Crippen LogP contribution in [0.2, 0.25) is 5.15 Å². The molecule has 1 aliphatic heterocycles. The highest BCUT2D eigenvalue weighted by molar-refractivity contribution is 6.29. The SMILES string of the molecule is COc1ccc2cnc([C@H]3CCCN(C(=O)c4ccc(Cl)nc4)C3)cc2c1C. The zero-order chi connectivity index (χ0) is 19.7. The van der Waals surface area contributed by atoms with Crippen molar-refractivity contribution in [2.75, 3.05) is 20.2 Å². The molecule has 0 spiro atoms. The maximum atomic E-state index is 12.8. The summed E-state index contributed by atoms with van der Waals surface area (Å²) in [6, 6.07) is 9.53. The van der Waals surface area contributed by atoms with E-state index in [0.717, 1.165) is 47.2 Å². The van der Waals surface area contributed by atoms with Crippen LogP contribution in [0.25, 0.3) is 10.8 Å². The molecular weight excluding hydrogens is 374 g/mol. The lowest BCUT2D eigenvalue weighted by molar-refractivity contribution is 0.0705. The number of piperidine rings is 1. The van der Waals surface area contributed by atoms with Gasteiger partial charge in [-0.1, -0.05) is 11.6 Å². The molecule has 1 fully saturated rings. The van der Waals surface area contributed by atoms with Crippen molar-refractivity contribution in [1.29, 1.82) is 0 Å². The number of nitrogens with zero attached hydrogens (tertiary/aromatic N) is 3. The van der Waals surface area contributed by atoms with E-state index in [-0.39, 0.29) is 11.8 Å². The average Bonchev–Trinajstić information content (AvgIpc) is 2.74. The summed E-state index contributed by atoms with van der Waals surface area (Å²) in [4.78, 5) is 23.5. The summed E-state index contributed by atoms with van der Waals surface area (Å²) in [6.07, 6.45) is 5.43. The number of benzene rings is 1. The summed E-state index contributed by atoms with van der Waals surface area (Å²) < 4.78 is 5.46. The van der Waals surface area contributed by atoms with Gasteiger partial charge in [-0.05, 0) is 61.0 Å². The zero-order valence-electron chi connectivity index (χ0n) is 16.0. The minimum Gasteiger partial charge on any atom is -0.496 e. The number of methoxy groups -OCH3 is 1. The van der Waals surface area contributed by atoms with Crippen molar-refractivity contribution in [3.05, 3.63) is 64.7 Å². The molecule has 0 aliphatic carbocycles. The molecule has 28 heavy (non-hydrogen) atoms. The van der Waals surface area contributed by atoms with Gasteiger partial charge in [-0.15, -0.1) is 0 Å². The van der Waals surface area contributed by atoms with Crippen molar-refractivity contribution in [2.45, 2.75) is 25.7 Å². The lowest BCUT2D eigenvalue weighted by atomic mass is 9.92. The number of hydrogen-bond acceptors (Lipinski definition) is 4. The van der Waals surface area contributed by atoms with E-state index in [1.807, 2.05) is 23.2 Å². The summed E-state index contributed by atoms with van der Waals surface area (Å²) in [5.74, 6) is 1.08. The molecule has 3 heterocycles. The standard InChI is InChI=1S/C22H22ClN3O2/c1-14-18-10-19(24-11-15(18)5-7-20(14)28-2)17-4-3-9-26(13-17)22(27)16-6-8-21(23)25-12-16/h5-8,10-12,17H,3-4,9,13H2,1-2H3/t17-/m0/s1. The average molecular weight is 396 g/mol. The molecule has 144 valence electrons. The fraction of sp³-hybridized carbons (Fsp3) is 0.318. The molecule has 5 nitrogen and oxygen atoms in total. The van der Waals surface area contributed by atoms with E-state index in [1.54, 1.807) is 19.2 Å². The van der Waals surface area contributed by atoms with Crippen molar-refractivity contribution in [3.8, 4) is 5.75 Å². The number of halogens is 1. The number of ether oxygens (including phenoxy) is 1. The van der Waals surface area contributed by atoms with Crippen molar-refractivity contribution in [3.63, 3.8) is 0 Å². The van der Waals surface area contributed by atoms with Crippen LogP contribution in [0.15, 0.2) is 42.7 Å². The largest absolute Gasteiger partial charge is 0.496 e. The monoisotopic (exact) mass is 395 g/mol. The Kier molecular flexibility index (Phi) is 5.18. The topological polar surface area (TPSA) is 55.3 Å². The number of aryl methyl sites for hydroxylation is 1. The van der Waals surface area contributed by atoms with Crippen LogP contribution in [0.5, 0.6) is 5.75 Å². The molecule has 6 heteroatoms. The Labute approximate surface area is 169 Å². The quantitative estimate of drug-likeness (QED) is 0.607. The molecule has 0 bridgehead atoms. The first kappa shape index (κ1) is 18.7. The van der Waals surface area contributed by atoms with Crippen molar-refractivity contribution in [2.24, 2.45) is 0 Å². The summed E-state index contributed by atoms with van der Waals surface area (Å²) in [7, 11) is 1.69. The highest BCUT2D eigenvalue weighted by atomic mass is 35.5. The molecule has 2 aromatic heterocycles. The number of fused-ring (bicyclic) bond motifs is 1. The number of hydrogen-bond donors (Lipinski definition) is 0. The van der Waals surface area contributed by atoms with Crippen molar-refractivity contribution in [1.82, 2.24) is 14.9 Å². The van der Waals surface area contributed by atoms with Crippen LogP contribution in [0, 0.1) is 6.92 Å². The Balaban J connectivity index is 1.59. The summed E-state index contributed by atoms with van der Waals surface area (Å²) in [5.41, 5.74) is 2.70. The van der Waals surface area contributed by atoms with Gasteiger partial charge < -0.3 is 9.64 Å². The molecule has 1 aromatic carbocycles. The van der Waals surface area contributed by atoms with Gasteiger partial charge in [-0.3, -0.25) is 9.78 Å². The molecule has 1 amide bonds. The fourth-order valence-electron chi connectivity index (χ4n) is 3.90. The highest BCUT2D eigenvalue weighted by Crippen LogP contribution is 2.32. The van der Waals surface area contributed by atoms with Gasteiger partial charge in [0.2, 0.25) is 0 Å². The Morgan fingerprint density at radius 2 is 2.07 bits per heavy atom. The maximum absolute atomic E-state index is 12.8. The van der Waals surface area contributed by atoms with E-state index in [4.69, 9.17) is 21.3 Å². The molecule has 0 saturated carbocycles. The van der Waals surface area contributed by atoms with Crippen LogP contribution < -0.4 is 4.74 Å². The first-order chi connectivity index (χ1) is 13.6. The van der Waals surface area contributed by atoms with E-state index in [2.05, 4.69) is 18.0 Å². The van der Waals surface area contributed by atoms with Gasteiger partial charge in [0.15, 0.2) is 0 Å². The molecule has 1 aliphatic rings. The summed E-state index contributed by atoms with van der Waals surface area (Å²) >= 11 is 5.83. The second-order valence-corrected chi connectivity index (χ2v) is 7.57. The van der Waals surface area contributed by atoms with Gasteiger partial charge in [0, 0.05) is 42.5 Å². The smallest absolute Gasteiger partial charge is 0.255 e. The second kappa shape index (κ2) is 7.76. The predicted molar refractivity (Wildman–Crippen MR) is 110 cm³/mol. The number of amides is 1. The van der Waals surface area contributed by atoms with Gasteiger partial charge >= 0.3 is 0 Å². The minimum absolute atomic E-state index is 0.00694. The third kappa shape index (κ3) is 3.54. The van der Waals surface area contributed by atoms with Crippen LogP contribution in [0.3, 0.4) is 0 Å². The van der Waals surface area contributed by atoms with E-state index in [0.29, 0.717) is 17.3 Å². The van der Waals surface area contributed by atoms with E-state index in [1.165, 1.54) is 6.20 Å². The van der Waals surface area contributed by atoms with Crippen LogP contribution >= 0.6 is 11.6 Å². The number of carbonyl (C=O) groups excluding carboxylic acids is 1. The molecule has 0 N–H and O–H groups in total. The third-order valence-electron chi connectivity index (χ3n) is 5.46. The van der Waals surface area contributed by atoms with Crippen molar-refractivity contribution < 1.29 is 9.53 Å². The second-order valence-electron chi connectivity index (χ2n) is 7.18. The summed E-state index contributed by atoms with van der Waals surface area (Å²) in [5, 5.41) is 2.63. The highest BCUT2D eigenvalue weighted by Gasteiger charge is 2.26. The Hall–Kier alpha value is -2.66. The van der Waals surface area contributed by atoms with Crippen LogP contribution in [0.4, 0.5) is 0 Å². The van der Waals surface area contributed by atoms with Gasteiger partial charge in [0.25, 0.3) is 5.91 Å². The molecule has 4 rings (SSSR count). The first-order valence-electron chi connectivity index (χ1n) is 9.41. The maximum Gasteiger partial charge on any atom is 0.255 e. The Bertz CT molecular complexity index is 1020. The molecule has 3 aromatic rings. The zero-order valence-corrected chi connectivity index (χ0v) is 16.7. The normalized spacial score (nSPS) is 17.0. The van der Waals surface area contributed by atoms with Gasteiger partial charge in [-0.2, -0.15) is 0 Å². The molecule has 0 radical (unpaired) electrons. The van der Waals surface area contributed by atoms with Crippen LogP contribution in [-0.4, -0.2) is 41.0 Å². The summed E-state index contributed by atoms with van der Waals surface area (Å²) in [6.45, 7) is 3.47. The number of pyridine rings is 2. The first-order valence-corrected chi connectivity index (χ1v) is 9.78. The Morgan fingerprint density at radius 3 is 2.82 bits per heavy atom. The van der Waals surface area contributed by atoms with Crippen LogP contribution in [0.1, 0.15) is 40.4 Å². The van der Waals surface area contributed by atoms with Crippen molar-refractivity contribution >= 4 is 28.3 Å². The molecule has 0 unspecified atom stereocenters. The van der Waals surface area contributed by atoms with E-state index in [9.17, 15) is 4.79 Å². The number of likely N-dealkylation sites (tertiary alicyclic amines) is 1. The molecule has 1 saturated heterocycles. The molecule has 1 atom stereocenters. The van der Waals surface area contributed by atoms with Gasteiger partial charge in [-0.25, -0.2) is 4.98 Å². The fourth-order valence-corrected chi connectivity index (χ4v) is 4.01. The Morgan fingerprint density at radius 1 is 1.21 bits per heavy atom. The lowest BCUT2D eigenvalue weighted by Crippen LogP contribution is -2.39. The minimum atomic E-state index is -0.00694. The van der Waals surface area contributed by atoms with Gasteiger partial charge in [0.1, 0.15) is 10.9 Å². The number of rotatable bonds is 3. The number of aromatic nitrogens is 2. The lowest BCUT2D eigenvalue weighted by Gasteiger charge is -2.32. The molecular formula is C22H22ClN3O2. The van der Waals surface area contributed by atoms with E-state index < -0.39 is 0 Å². The number of carbonyl (C=O) groups is 1. The van der Waals surface area contributed by atoms with Crippen LogP contribution in [-0.2, 0) is 0 Å².